The zero-order valence-electron chi connectivity index (χ0n) is 25.8. The molecule has 0 spiro atoms. The maximum absolute atomic E-state index is 15.1. The fraction of sp³-hybridized carbons (Fsp3) is 0.364. The van der Waals surface area contributed by atoms with Crippen LogP contribution in [0, 0.1) is 5.82 Å². The van der Waals surface area contributed by atoms with E-state index < -0.39 is 16.8 Å². The van der Waals surface area contributed by atoms with Gasteiger partial charge in [0.2, 0.25) is 5.91 Å². The van der Waals surface area contributed by atoms with Crippen LogP contribution in [0.25, 0.3) is 11.3 Å². The Morgan fingerprint density at radius 2 is 1.84 bits per heavy atom. The van der Waals surface area contributed by atoms with Crippen LogP contribution in [0.3, 0.4) is 0 Å². The largest absolute Gasteiger partial charge is 0.348 e. The summed E-state index contributed by atoms with van der Waals surface area (Å²) in [5, 5.41) is 0.204. The molecule has 3 heterocycles. The molecular formula is C33H38ClFN6O3S. The summed E-state index contributed by atoms with van der Waals surface area (Å²) in [6.07, 6.45) is 3.28. The minimum Gasteiger partial charge on any atom is -0.348 e. The molecule has 3 aliphatic rings. The molecule has 0 unspecified atom stereocenters. The monoisotopic (exact) mass is 652 g/mol. The number of aromatic nitrogens is 1. The van der Waals surface area contributed by atoms with Crippen molar-refractivity contribution in [1.29, 1.82) is 0 Å². The first-order valence-corrected chi connectivity index (χ1v) is 16.8. The van der Waals surface area contributed by atoms with Crippen LogP contribution in [0.2, 0.25) is 5.02 Å². The van der Waals surface area contributed by atoms with Crippen molar-refractivity contribution >= 4 is 45.8 Å². The van der Waals surface area contributed by atoms with Crippen LogP contribution < -0.4 is 4.31 Å². The van der Waals surface area contributed by atoms with Gasteiger partial charge in [-0.2, -0.15) is 0 Å². The highest BCUT2D eigenvalue weighted by molar-refractivity contribution is 8.24. The van der Waals surface area contributed by atoms with Crippen LogP contribution in [0.5, 0.6) is 0 Å². The summed E-state index contributed by atoms with van der Waals surface area (Å²) in [7, 11) is 0.134. The summed E-state index contributed by atoms with van der Waals surface area (Å²) >= 11 is 6.84. The summed E-state index contributed by atoms with van der Waals surface area (Å²) in [5.74, 6) is 0.153. The summed E-state index contributed by atoms with van der Waals surface area (Å²) in [6, 6.07) is 13.5. The number of fused-ring (bicyclic) bond motifs is 1. The molecule has 0 radical (unpaired) electrons. The molecule has 6 rings (SSSR count). The molecule has 238 valence electrons. The molecule has 2 fully saturated rings. The van der Waals surface area contributed by atoms with Crippen molar-refractivity contribution in [3.05, 3.63) is 88.7 Å². The third-order valence-corrected chi connectivity index (χ3v) is 10.1. The second-order valence-electron chi connectivity index (χ2n) is 12.3. The first kappa shape index (κ1) is 31.5. The number of pyridine rings is 1. The molecule has 3 aromatic rings. The molecule has 1 aromatic heterocycles. The van der Waals surface area contributed by atoms with Gasteiger partial charge in [0.05, 0.1) is 22.0 Å². The van der Waals surface area contributed by atoms with Crippen molar-refractivity contribution in [3.63, 3.8) is 0 Å². The Hall–Kier alpha value is -3.48. The Morgan fingerprint density at radius 1 is 1.11 bits per heavy atom. The van der Waals surface area contributed by atoms with Gasteiger partial charge in [0.1, 0.15) is 5.82 Å². The molecule has 2 N–H and O–H groups in total. The molecule has 12 heteroatoms. The van der Waals surface area contributed by atoms with Gasteiger partial charge in [0.25, 0.3) is 0 Å². The molecule has 2 aromatic carbocycles. The van der Waals surface area contributed by atoms with E-state index in [2.05, 4.69) is 21.9 Å². The predicted octanol–water partition coefficient (Wildman–Crippen LogP) is 7.07. The van der Waals surface area contributed by atoms with E-state index in [1.165, 1.54) is 16.4 Å². The number of piperazine rings is 1. The van der Waals surface area contributed by atoms with Crippen LogP contribution >= 0.6 is 22.6 Å². The number of hydrogen-bond donors (Lipinski definition) is 2. The van der Waals surface area contributed by atoms with E-state index >= 15 is 4.39 Å². The van der Waals surface area contributed by atoms with Gasteiger partial charge < -0.3 is 14.7 Å². The molecule has 9 nitrogen and oxygen atoms in total. The van der Waals surface area contributed by atoms with Gasteiger partial charge in [0, 0.05) is 37.3 Å². The molecule has 1 amide bonds. The number of halogens is 2. The number of carbonyl (C=O) groups is 1. The van der Waals surface area contributed by atoms with Gasteiger partial charge in [-0.3, -0.25) is 13.9 Å². The van der Waals surface area contributed by atoms with Gasteiger partial charge >= 0.3 is 0 Å². The van der Waals surface area contributed by atoms with E-state index in [1.54, 1.807) is 29.2 Å². The lowest BCUT2D eigenvalue weighted by Crippen LogP contribution is -2.59. The average Bonchev–Trinajstić information content (AvgIpc) is 3.83. The summed E-state index contributed by atoms with van der Waals surface area (Å²) in [6.45, 7) is 9.02. The maximum atomic E-state index is 15.1. The quantitative estimate of drug-likeness (QED) is 0.275. The highest BCUT2D eigenvalue weighted by Gasteiger charge is 2.43. The number of nitrogens with zero attached hydrogens (tertiary/aromatic N) is 6. The Morgan fingerprint density at radius 3 is 2.51 bits per heavy atom. The molecule has 45 heavy (non-hydrogen) atoms. The number of amidine groups is 1. The van der Waals surface area contributed by atoms with Crippen LogP contribution in [-0.2, 0) is 11.3 Å². The molecule has 2 atom stereocenters. The number of anilines is 2. The van der Waals surface area contributed by atoms with Gasteiger partial charge in [-0.05, 0) is 99.1 Å². The van der Waals surface area contributed by atoms with Gasteiger partial charge in [0.15, 0.2) is 11.7 Å². The molecule has 0 bridgehead atoms. The van der Waals surface area contributed by atoms with Crippen molar-refractivity contribution in [3.8, 4) is 11.3 Å². The van der Waals surface area contributed by atoms with Crippen molar-refractivity contribution in [1.82, 2.24) is 19.7 Å². The standard InChI is InChI=1S/C33H38ClFN6O3S/c1-6-30(42)39-17-21(3)40(18-20(39)2)33-26-16-27(34)31(24-9-7-8-10-28(24)35)36-32(26)41(45(43,44)37-33)29-14-11-22(19-38(4)5)15-25(29)23-12-13-23/h6-11,14-16,20-21,23,43-44H,1,12-13,17-19H2,2-5H3/t20-,21+/m1/s1. The van der Waals surface area contributed by atoms with E-state index in [-0.39, 0.29) is 46.0 Å². The summed E-state index contributed by atoms with van der Waals surface area (Å²) in [5.41, 5.74) is 3.58. The molecule has 1 saturated heterocycles. The summed E-state index contributed by atoms with van der Waals surface area (Å²) in [4.78, 5) is 23.2. The van der Waals surface area contributed by atoms with E-state index in [9.17, 15) is 13.9 Å². The molecule has 2 aliphatic heterocycles. The molecular weight excluding hydrogens is 615 g/mol. The van der Waals surface area contributed by atoms with Crippen molar-refractivity contribution in [2.24, 2.45) is 4.40 Å². The third kappa shape index (κ3) is 5.95. The van der Waals surface area contributed by atoms with Crippen molar-refractivity contribution in [2.75, 3.05) is 31.5 Å². The van der Waals surface area contributed by atoms with Crippen LogP contribution in [0.1, 0.15) is 49.3 Å². The fourth-order valence-electron chi connectivity index (χ4n) is 6.24. The highest BCUT2D eigenvalue weighted by Crippen LogP contribution is 2.59. The minimum absolute atomic E-state index is 0.167. The Kier molecular flexibility index (Phi) is 8.42. The number of carbonyl (C=O) groups excluding carboxylic acids is 1. The molecule has 1 saturated carbocycles. The predicted molar refractivity (Wildman–Crippen MR) is 180 cm³/mol. The first-order chi connectivity index (χ1) is 21.4. The Bertz CT molecular complexity index is 1700. The zero-order chi connectivity index (χ0) is 32.2. The fourth-order valence-corrected chi connectivity index (χ4v) is 7.81. The van der Waals surface area contributed by atoms with Crippen LogP contribution in [-0.4, -0.2) is 79.8 Å². The number of amides is 1. The van der Waals surface area contributed by atoms with Gasteiger partial charge in [-0.25, -0.2) is 13.7 Å². The summed E-state index contributed by atoms with van der Waals surface area (Å²) < 4.78 is 44.9. The average molecular weight is 653 g/mol. The smallest absolute Gasteiger partial charge is 0.246 e. The van der Waals surface area contributed by atoms with Crippen molar-refractivity contribution < 1.29 is 18.3 Å². The zero-order valence-corrected chi connectivity index (χ0v) is 27.4. The Balaban J connectivity index is 1.54. The van der Waals surface area contributed by atoms with Gasteiger partial charge in [-0.1, -0.05) is 42.4 Å². The maximum Gasteiger partial charge on any atom is 0.246 e. The first-order valence-electron chi connectivity index (χ1n) is 15.0. The van der Waals surface area contributed by atoms with Crippen LogP contribution in [0.4, 0.5) is 15.9 Å². The van der Waals surface area contributed by atoms with E-state index in [1.807, 2.05) is 45.0 Å². The normalized spacial score (nSPS) is 21.8. The lowest BCUT2D eigenvalue weighted by atomic mass is 10.0. The third-order valence-electron chi connectivity index (χ3n) is 8.51. The lowest BCUT2D eigenvalue weighted by molar-refractivity contribution is -0.130. The topological polar surface area (TPSA) is 95.7 Å². The van der Waals surface area contributed by atoms with Gasteiger partial charge in [-0.15, -0.1) is 4.40 Å². The number of hydrogen-bond acceptors (Lipinski definition) is 8. The van der Waals surface area contributed by atoms with E-state index in [4.69, 9.17) is 16.6 Å². The van der Waals surface area contributed by atoms with E-state index in [0.717, 1.165) is 30.5 Å². The second-order valence-corrected chi connectivity index (χ2v) is 14.3. The van der Waals surface area contributed by atoms with E-state index in [0.29, 0.717) is 30.2 Å². The highest BCUT2D eigenvalue weighted by atomic mass is 35.5. The number of benzene rings is 2. The number of rotatable bonds is 6. The minimum atomic E-state index is -3.88. The lowest BCUT2D eigenvalue weighted by Gasteiger charge is -2.49. The second kappa shape index (κ2) is 12.0. The molecule has 1 aliphatic carbocycles. The Labute approximate surface area is 270 Å². The van der Waals surface area contributed by atoms with Crippen molar-refractivity contribution in [2.45, 2.75) is 51.2 Å². The van der Waals surface area contributed by atoms with Crippen LogP contribution in [0.15, 0.2) is 65.6 Å². The SMILES string of the molecule is C=CC(=O)N1C[C@H](C)N(C2=NS(O)(O)N(c3ccc(CN(C)C)cc3C3CC3)c3nc(-c4ccccc4F)c(Cl)cc32)C[C@H]1C.